The summed E-state index contributed by atoms with van der Waals surface area (Å²) in [6.45, 7) is 2.14. The van der Waals surface area contributed by atoms with Crippen LogP contribution in [-0.2, 0) is 6.54 Å². The molecule has 0 radical (unpaired) electrons. The number of aromatic nitrogens is 3. The van der Waals surface area contributed by atoms with Crippen molar-refractivity contribution in [1.29, 1.82) is 0 Å². The molecule has 3 rings (SSSR count). The number of para-hydroxylation sites is 1. The van der Waals surface area contributed by atoms with E-state index in [-0.39, 0.29) is 5.56 Å². The van der Waals surface area contributed by atoms with Crippen LogP contribution in [0.2, 0.25) is 0 Å². The van der Waals surface area contributed by atoms with Crippen molar-refractivity contribution in [3.63, 3.8) is 0 Å². The minimum Gasteiger partial charge on any atom is -0.494 e. The Labute approximate surface area is 114 Å². The largest absolute Gasteiger partial charge is 0.494 e. The topological polar surface area (TPSA) is 70.2 Å². The molecule has 0 N–H and O–H groups in total. The van der Waals surface area contributed by atoms with E-state index in [0.29, 0.717) is 29.0 Å². The molecular formula is C14H13N3O3. The van der Waals surface area contributed by atoms with E-state index in [1.807, 2.05) is 6.92 Å². The molecule has 1 aromatic carbocycles. The van der Waals surface area contributed by atoms with Gasteiger partial charge in [-0.1, -0.05) is 11.2 Å². The highest BCUT2D eigenvalue weighted by Crippen LogP contribution is 2.20. The molecule has 0 amide bonds. The van der Waals surface area contributed by atoms with Gasteiger partial charge in [-0.2, -0.15) is 0 Å². The number of ether oxygens (including phenoxy) is 1. The van der Waals surface area contributed by atoms with Gasteiger partial charge < -0.3 is 9.26 Å². The van der Waals surface area contributed by atoms with Gasteiger partial charge in [-0.15, -0.1) is 0 Å². The van der Waals surface area contributed by atoms with Crippen molar-refractivity contribution in [3.05, 3.63) is 52.4 Å². The van der Waals surface area contributed by atoms with Gasteiger partial charge in [-0.05, 0) is 19.1 Å². The summed E-state index contributed by atoms with van der Waals surface area (Å²) in [4.78, 5) is 16.7. The van der Waals surface area contributed by atoms with E-state index in [9.17, 15) is 4.79 Å². The van der Waals surface area contributed by atoms with Crippen molar-refractivity contribution >= 4 is 10.9 Å². The number of benzene rings is 1. The van der Waals surface area contributed by atoms with Crippen molar-refractivity contribution in [2.45, 2.75) is 13.5 Å². The minimum atomic E-state index is -0.136. The molecule has 2 aromatic heterocycles. The molecular weight excluding hydrogens is 258 g/mol. The molecule has 0 atom stereocenters. The second-order valence-electron chi connectivity index (χ2n) is 4.47. The fourth-order valence-corrected chi connectivity index (χ4v) is 2.10. The summed E-state index contributed by atoms with van der Waals surface area (Å²) in [6.07, 6.45) is 1.49. The van der Waals surface area contributed by atoms with Crippen LogP contribution in [0.25, 0.3) is 10.9 Å². The zero-order valence-corrected chi connectivity index (χ0v) is 11.2. The van der Waals surface area contributed by atoms with E-state index < -0.39 is 0 Å². The van der Waals surface area contributed by atoms with E-state index in [4.69, 9.17) is 9.26 Å². The number of aryl methyl sites for hydroxylation is 1. The SMILES string of the molecule is COc1cccc2c(=O)n(Cc3cc(C)no3)cnc12. The number of nitrogens with zero attached hydrogens (tertiary/aromatic N) is 3. The van der Waals surface area contributed by atoms with Crippen LogP contribution in [0.3, 0.4) is 0 Å². The van der Waals surface area contributed by atoms with Gasteiger partial charge in [0, 0.05) is 6.07 Å². The molecule has 0 aliphatic carbocycles. The molecule has 0 saturated carbocycles. The number of methoxy groups -OCH3 is 1. The highest BCUT2D eigenvalue weighted by molar-refractivity contribution is 5.83. The van der Waals surface area contributed by atoms with Crippen LogP contribution < -0.4 is 10.3 Å². The van der Waals surface area contributed by atoms with E-state index in [1.165, 1.54) is 10.9 Å². The fraction of sp³-hybridized carbons (Fsp3) is 0.214. The maximum atomic E-state index is 12.4. The summed E-state index contributed by atoms with van der Waals surface area (Å²) in [5.41, 5.74) is 1.21. The first-order valence-electron chi connectivity index (χ1n) is 6.13. The van der Waals surface area contributed by atoms with E-state index in [0.717, 1.165) is 5.69 Å². The number of hydrogen-bond acceptors (Lipinski definition) is 5. The van der Waals surface area contributed by atoms with Gasteiger partial charge in [-0.3, -0.25) is 9.36 Å². The number of rotatable bonds is 3. The summed E-state index contributed by atoms with van der Waals surface area (Å²) in [5.74, 6) is 1.20. The van der Waals surface area contributed by atoms with Crippen LogP contribution in [0.4, 0.5) is 0 Å². The summed E-state index contributed by atoms with van der Waals surface area (Å²) < 4.78 is 11.8. The first kappa shape index (κ1) is 12.4. The summed E-state index contributed by atoms with van der Waals surface area (Å²) in [5, 5.41) is 4.32. The molecule has 0 aliphatic rings. The van der Waals surface area contributed by atoms with Gasteiger partial charge in [0.25, 0.3) is 5.56 Å². The van der Waals surface area contributed by atoms with Crippen LogP contribution in [0.5, 0.6) is 5.75 Å². The second-order valence-corrected chi connectivity index (χ2v) is 4.47. The Bertz CT molecular complexity index is 820. The van der Waals surface area contributed by atoms with Crippen LogP contribution in [0.15, 0.2) is 39.9 Å². The molecule has 6 nitrogen and oxygen atoms in total. The first-order chi connectivity index (χ1) is 9.69. The molecule has 0 spiro atoms. The van der Waals surface area contributed by atoms with Gasteiger partial charge >= 0.3 is 0 Å². The Balaban J connectivity index is 2.10. The third-order valence-corrected chi connectivity index (χ3v) is 3.04. The Kier molecular flexibility index (Phi) is 2.98. The predicted octanol–water partition coefficient (Wildman–Crippen LogP) is 1.75. The Morgan fingerprint density at radius 1 is 1.40 bits per heavy atom. The average molecular weight is 271 g/mol. The molecule has 20 heavy (non-hydrogen) atoms. The van der Waals surface area contributed by atoms with Crippen molar-refractivity contribution in [2.24, 2.45) is 0 Å². The van der Waals surface area contributed by atoms with Crippen LogP contribution in [0.1, 0.15) is 11.5 Å². The van der Waals surface area contributed by atoms with Gasteiger partial charge in [0.2, 0.25) is 0 Å². The number of fused-ring (bicyclic) bond motifs is 1. The maximum Gasteiger partial charge on any atom is 0.261 e. The minimum absolute atomic E-state index is 0.136. The van der Waals surface area contributed by atoms with E-state index in [1.54, 1.807) is 31.4 Å². The van der Waals surface area contributed by atoms with Crippen molar-refractivity contribution < 1.29 is 9.26 Å². The zero-order valence-electron chi connectivity index (χ0n) is 11.2. The summed E-state index contributed by atoms with van der Waals surface area (Å²) in [7, 11) is 1.55. The van der Waals surface area contributed by atoms with Crippen molar-refractivity contribution in [2.75, 3.05) is 7.11 Å². The molecule has 0 bridgehead atoms. The van der Waals surface area contributed by atoms with E-state index >= 15 is 0 Å². The summed E-state index contributed by atoms with van der Waals surface area (Å²) in [6, 6.07) is 7.07. The third-order valence-electron chi connectivity index (χ3n) is 3.04. The predicted molar refractivity (Wildman–Crippen MR) is 72.9 cm³/mol. The highest BCUT2D eigenvalue weighted by atomic mass is 16.5. The lowest BCUT2D eigenvalue weighted by Crippen LogP contribution is -2.21. The van der Waals surface area contributed by atoms with Crippen LogP contribution >= 0.6 is 0 Å². The lowest BCUT2D eigenvalue weighted by molar-refractivity contribution is 0.371. The molecule has 0 saturated heterocycles. The van der Waals surface area contributed by atoms with Gasteiger partial charge in [0.15, 0.2) is 5.76 Å². The monoisotopic (exact) mass is 271 g/mol. The Morgan fingerprint density at radius 2 is 2.25 bits per heavy atom. The second kappa shape index (κ2) is 4.80. The highest BCUT2D eigenvalue weighted by Gasteiger charge is 2.10. The molecule has 0 fully saturated rings. The molecule has 102 valence electrons. The average Bonchev–Trinajstić information content (AvgIpc) is 2.87. The van der Waals surface area contributed by atoms with Crippen molar-refractivity contribution in [1.82, 2.24) is 14.7 Å². The standard InChI is InChI=1S/C14H13N3O3/c1-9-6-10(20-16-9)7-17-8-15-13-11(14(17)18)4-3-5-12(13)19-2/h3-6,8H,7H2,1-2H3. The zero-order chi connectivity index (χ0) is 14.1. The Morgan fingerprint density at radius 3 is 2.95 bits per heavy atom. The Hall–Kier alpha value is -2.63. The third kappa shape index (κ3) is 2.05. The normalized spacial score (nSPS) is 10.9. The van der Waals surface area contributed by atoms with Gasteiger partial charge in [0.05, 0.1) is 31.1 Å². The van der Waals surface area contributed by atoms with Crippen LogP contribution in [-0.4, -0.2) is 21.8 Å². The van der Waals surface area contributed by atoms with Gasteiger partial charge in [-0.25, -0.2) is 4.98 Å². The fourth-order valence-electron chi connectivity index (χ4n) is 2.10. The lowest BCUT2D eigenvalue weighted by atomic mass is 10.2. The molecule has 3 aromatic rings. The van der Waals surface area contributed by atoms with E-state index in [2.05, 4.69) is 10.1 Å². The molecule has 0 aliphatic heterocycles. The smallest absolute Gasteiger partial charge is 0.261 e. The molecule has 6 heteroatoms. The van der Waals surface area contributed by atoms with Gasteiger partial charge in [0.1, 0.15) is 11.3 Å². The number of hydrogen-bond donors (Lipinski definition) is 0. The van der Waals surface area contributed by atoms with Crippen molar-refractivity contribution in [3.8, 4) is 5.75 Å². The first-order valence-corrected chi connectivity index (χ1v) is 6.13. The summed E-state index contributed by atoms with van der Waals surface area (Å²) >= 11 is 0. The molecule has 2 heterocycles. The lowest BCUT2D eigenvalue weighted by Gasteiger charge is -2.07. The maximum absolute atomic E-state index is 12.4. The quantitative estimate of drug-likeness (QED) is 0.725. The molecule has 0 unspecified atom stereocenters. The van der Waals surface area contributed by atoms with Crippen LogP contribution in [0, 0.1) is 6.92 Å².